The SMILES string of the molecule is CNC(=O)C1CCC2(CCNCC2)NC1. The van der Waals surface area contributed by atoms with Crippen LogP contribution in [0.2, 0.25) is 0 Å². The molecule has 2 fully saturated rings. The molecule has 0 aromatic carbocycles. The van der Waals surface area contributed by atoms with E-state index in [2.05, 4.69) is 16.0 Å². The van der Waals surface area contributed by atoms with Gasteiger partial charge in [0.1, 0.15) is 0 Å². The van der Waals surface area contributed by atoms with Crippen molar-refractivity contribution < 1.29 is 4.79 Å². The monoisotopic (exact) mass is 211 g/mol. The summed E-state index contributed by atoms with van der Waals surface area (Å²) in [5.74, 6) is 0.363. The van der Waals surface area contributed by atoms with Crippen LogP contribution in [0.4, 0.5) is 0 Å². The minimum atomic E-state index is 0.176. The third kappa shape index (κ3) is 2.32. The number of carbonyl (C=O) groups excluding carboxylic acids is 1. The fraction of sp³-hybridized carbons (Fsp3) is 0.909. The van der Waals surface area contributed by atoms with Crippen molar-refractivity contribution in [3.8, 4) is 0 Å². The lowest BCUT2D eigenvalue weighted by molar-refractivity contribution is -0.125. The number of amides is 1. The van der Waals surface area contributed by atoms with E-state index in [0.29, 0.717) is 5.54 Å². The first-order chi connectivity index (χ1) is 7.26. The van der Waals surface area contributed by atoms with Crippen molar-refractivity contribution in [1.82, 2.24) is 16.0 Å². The number of nitrogens with one attached hydrogen (secondary N) is 3. The number of rotatable bonds is 1. The Hall–Kier alpha value is -0.610. The minimum Gasteiger partial charge on any atom is -0.359 e. The molecule has 2 saturated heterocycles. The molecular weight excluding hydrogens is 190 g/mol. The Balaban J connectivity index is 1.88. The molecule has 1 unspecified atom stereocenters. The van der Waals surface area contributed by atoms with Gasteiger partial charge in [0, 0.05) is 19.1 Å². The Morgan fingerprint density at radius 1 is 1.33 bits per heavy atom. The van der Waals surface area contributed by atoms with Crippen LogP contribution in [-0.2, 0) is 4.79 Å². The van der Waals surface area contributed by atoms with Crippen molar-refractivity contribution in [2.75, 3.05) is 26.7 Å². The number of hydrogen-bond donors (Lipinski definition) is 3. The molecule has 2 aliphatic heterocycles. The fourth-order valence-corrected chi connectivity index (χ4v) is 2.74. The molecule has 0 aliphatic carbocycles. The molecule has 1 atom stereocenters. The molecule has 86 valence electrons. The highest BCUT2D eigenvalue weighted by atomic mass is 16.1. The van der Waals surface area contributed by atoms with Gasteiger partial charge in [-0.05, 0) is 38.8 Å². The van der Waals surface area contributed by atoms with Crippen molar-refractivity contribution >= 4 is 5.91 Å². The highest BCUT2D eigenvalue weighted by Crippen LogP contribution is 2.30. The molecule has 1 amide bonds. The summed E-state index contributed by atoms with van der Waals surface area (Å²) in [5, 5.41) is 9.72. The van der Waals surface area contributed by atoms with Crippen LogP contribution in [-0.4, -0.2) is 38.1 Å². The molecule has 0 saturated carbocycles. The maximum Gasteiger partial charge on any atom is 0.224 e. The van der Waals surface area contributed by atoms with Crippen LogP contribution < -0.4 is 16.0 Å². The first kappa shape index (κ1) is 10.9. The molecule has 0 aromatic rings. The molecule has 0 aromatic heterocycles. The van der Waals surface area contributed by atoms with Crippen LogP contribution in [0.5, 0.6) is 0 Å². The second kappa shape index (κ2) is 4.49. The van der Waals surface area contributed by atoms with Gasteiger partial charge >= 0.3 is 0 Å². The van der Waals surface area contributed by atoms with Gasteiger partial charge in [-0.1, -0.05) is 0 Å². The van der Waals surface area contributed by atoms with E-state index in [9.17, 15) is 4.79 Å². The van der Waals surface area contributed by atoms with Gasteiger partial charge in [0.2, 0.25) is 5.91 Å². The predicted molar refractivity (Wildman–Crippen MR) is 59.6 cm³/mol. The Morgan fingerprint density at radius 2 is 2.07 bits per heavy atom. The van der Waals surface area contributed by atoms with Crippen LogP contribution in [0.1, 0.15) is 25.7 Å². The summed E-state index contributed by atoms with van der Waals surface area (Å²) in [6.45, 7) is 3.06. The normalized spacial score (nSPS) is 30.1. The first-order valence-corrected chi connectivity index (χ1v) is 5.93. The number of carbonyl (C=O) groups is 1. The zero-order valence-electron chi connectivity index (χ0n) is 9.44. The fourth-order valence-electron chi connectivity index (χ4n) is 2.74. The maximum atomic E-state index is 11.5. The first-order valence-electron chi connectivity index (χ1n) is 5.93. The molecule has 1 spiro atoms. The molecule has 3 N–H and O–H groups in total. The van der Waals surface area contributed by atoms with Crippen LogP contribution in [0, 0.1) is 5.92 Å². The Labute approximate surface area is 91.2 Å². The highest BCUT2D eigenvalue weighted by Gasteiger charge is 2.37. The van der Waals surface area contributed by atoms with E-state index in [4.69, 9.17) is 0 Å². The average Bonchev–Trinajstić information content (AvgIpc) is 2.30. The molecule has 2 heterocycles. The average molecular weight is 211 g/mol. The molecule has 0 radical (unpaired) electrons. The zero-order chi connectivity index (χ0) is 10.7. The van der Waals surface area contributed by atoms with Crippen molar-refractivity contribution in [2.45, 2.75) is 31.2 Å². The van der Waals surface area contributed by atoms with Gasteiger partial charge in [-0.2, -0.15) is 0 Å². The van der Waals surface area contributed by atoms with Crippen molar-refractivity contribution in [2.24, 2.45) is 5.92 Å². The second-order valence-electron chi connectivity index (χ2n) is 4.76. The Bertz CT molecular complexity index is 226. The van der Waals surface area contributed by atoms with Gasteiger partial charge in [-0.3, -0.25) is 4.79 Å². The zero-order valence-corrected chi connectivity index (χ0v) is 9.44. The third-order valence-corrected chi connectivity index (χ3v) is 3.87. The van der Waals surface area contributed by atoms with E-state index >= 15 is 0 Å². The molecule has 15 heavy (non-hydrogen) atoms. The largest absolute Gasteiger partial charge is 0.359 e. The quantitative estimate of drug-likeness (QED) is 0.565. The van der Waals surface area contributed by atoms with Gasteiger partial charge < -0.3 is 16.0 Å². The van der Waals surface area contributed by atoms with Gasteiger partial charge in [0.15, 0.2) is 0 Å². The Morgan fingerprint density at radius 3 is 2.60 bits per heavy atom. The summed E-state index contributed by atoms with van der Waals surface area (Å²) in [6, 6.07) is 0. The van der Waals surface area contributed by atoms with Gasteiger partial charge in [-0.25, -0.2) is 0 Å². The van der Waals surface area contributed by atoms with E-state index in [1.54, 1.807) is 7.05 Å². The van der Waals surface area contributed by atoms with Crippen molar-refractivity contribution in [1.29, 1.82) is 0 Å². The lowest BCUT2D eigenvalue weighted by Gasteiger charge is -2.43. The molecule has 4 heteroatoms. The molecule has 4 nitrogen and oxygen atoms in total. The molecular formula is C11H21N3O. The van der Waals surface area contributed by atoms with Crippen molar-refractivity contribution in [3.63, 3.8) is 0 Å². The summed E-state index contributed by atoms with van der Waals surface area (Å²) >= 11 is 0. The summed E-state index contributed by atoms with van der Waals surface area (Å²) in [7, 11) is 1.72. The smallest absolute Gasteiger partial charge is 0.224 e. The molecule has 2 rings (SSSR count). The second-order valence-corrected chi connectivity index (χ2v) is 4.76. The highest BCUT2D eigenvalue weighted by molar-refractivity contribution is 5.78. The van der Waals surface area contributed by atoms with E-state index in [1.807, 2.05) is 0 Å². The van der Waals surface area contributed by atoms with E-state index < -0.39 is 0 Å². The van der Waals surface area contributed by atoms with Gasteiger partial charge in [0.25, 0.3) is 0 Å². The van der Waals surface area contributed by atoms with Crippen LogP contribution >= 0.6 is 0 Å². The third-order valence-electron chi connectivity index (χ3n) is 3.87. The summed E-state index contributed by atoms with van der Waals surface area (Å²) in [4.78, 5) is 11.5. The maximum absolute atomic E-state index is 11.5. The number of piperidine rings is 2. The molecule has 2 aliphatic rings. The predicted octanol–water partition coefficient (Wildman–Crippen LogP) is -0.146. The standard InChI is InChI=1S/C11H21N3O/c1-12-10(15)9-2-3-11(14-8-9)4-6-13-7-5-11/h9,13-14H,2-8H2,1H3,(H,12,15). The number of hydrogen-bond acceptors (Lipinski definition) is 3. The molecule has 0 bridgehead atoms. The van der Waals surface area contributed by atoms with Crippen LogP contribution in [0.25, 0.3) is 0 Å². The van der Waals surface area contributed by atoms with E-state index in [-0.39, 0.29) is 11.8 Å². The summed E-state index contributed by atoms with van der Waals surface area (Å²) in [6.07, 6.45) is 4.58. The van der Waals surface area contributed by atoms with Gasteiger partial charge in [-0.15, -0.1) is 0 Å². The topological polar surface area (TPSA) is 53.2 Å². The van der Waals surface area contributed by atoms with Crippen molar-refractivity contribution in [3.05, 3.63) is 0 Å². The lowest BCUT2D eigenvalue weighted by atomic mass is 9.78. The summed E-state index contributed by atoms with van der Waals surface area (Å²) in [5.41, 5.74) is 0.329. The van der Waals surface area contributed by atoms with E-state index in [1.165, 1.54) is 12.8 Å². The minimum absolute atomic E-state index is 0.176. The lowest BCUT2D eigenvalue weighted by Crippen LogP contribution is -2.57. The van der Waals surface area contributed by atoms with Gasteiger partial charge in [0.05, 0.1) is 5.92 Å². The van der Waals surface area contributed by atoms with Crippen LogP contribution in [0.15, 0.2) is 0 Å². The van der Waals surface area contributed by atoms with Crippen LogP contribution in [0.3, 0.4) is 0 Å². The van der Waals surface area contributed by atoms with E-state index in [0.717, 1.165) is 32.5 Å². The Kier molecular flexibility index (Phi) is 3.26. The summed E-state index contributed by atoms with van der Waals surface area (Å²) < 4.78 is 0.